The normalized spacial score (nSPS) is 12.9. The molecule has 0 aliphatic heterocycles. The van der Waals surface area contributed by atoms with Gasteiger partial charge in [-0.05, 0) is 48.7 Å². The zero-order valence-electron chi connectivity index (χ0n) is 16.0. The van der Waals surface area contributed by atoms with Gasteiger partial charge in [0.15, 0.2) is 0 Å². The van der Waals surface area contributed by atoms with Gasteiger partial charge in [-0.3, -0.25) is 0 Å². The molecule has 28 heavy (non-hydrogen) atoms. The number of halogens is 1. The molecular formula is C21H22FN3O2S. The third-order valence-electron chi connectivity index (χ3n) is 4.93. The van der Waals surface area contributed by atoms with E-state index in [4.69, 9.17) is 10.4 Å². The summed E-state index contributed by atoms with van der Waals surface area (Å²) in [5.41, 5.74) is 3.78. The Labute approximate surface area is 164 Å². The molecule has 0 fully saturated rings. The van der Waals surface area contributed by atoms with Gasteiger partial charge in [-0.1, -0.05) is 24.6 Å². The van der Waals surface area contributed by atoms with Crippen molar-refractivity contribution in [3.63, 3.8) is 0 Å². The highest BCUT2D eigenvalue weighted by atomic mass is 32.2. The maximum Gasteiger partial charge on any atom is 0.238 e. The number of primary sulfonamides is 1. The lowest BCUT2D eigenvalue weighted by atomic mass is 9.96. The summed E-state index contributed by atoms with van der Waals surface area (Å²) in [4.78, 5) is 0.158. The summed E-state index contributed by atoms with van der Waals surface area (Å²) in [7, 11) is -3.87. The Bertz CT molecular complexity index is 1210. The van der Waals surface area contributed by atoms with Crippen molar-refractivity contribution in [1.82, 2.24) is 4.57 Å². The van der Waals surface area contributed by atoms with Gasteiger partial charge in [-0.25, -0.2) is 17.9 Å². The standard InChI is InChI=1S/C21H22FN3O2S/c1-13-8-14(2)21(28(24,26)27)18(9-13)15(3)11-25-12-16(6-7-23)19-10-17(22)4-5-20(19)25/h4-5,8-10,12,15H,6,11H2,1-3H3,(H2,24,26,27)/t15-/m1/s1. The number of nitriles is 1. The highest BCUT2D eigenvalue weighted by Gasteiger charge is 2.22. The zero-order valence-corrected chi connectivity index (χ0v) is 16.8. The molecule has 7 heteroatoms. The fourth-order valence-electron chi connectivity index (χ4n) is 3.86. The minimum absolute atomic E-state index is 0.158. The lowest BCUT2D eigenvalue weighted by Gasteiger charge is -2.19. The van der Waals surface area contributed by atoms with Crippen molar-refractivity contribution in [3.8, 4) is 6.07 Å². The maximum absolute atomic E-state index is 13.7. The van der Waals surface area contributed by atoms with Gasteiger partial charge in [0.1, 0.15) is 5.82 Å². The van der Waals surface area contributed by atoms with Gasteiger partial charge in [-0.2, -0.15) is 5.26 Å². The molecule has 1 aromatic heterocycles. The fourth-order valence-corrected chi connectivity index (χ4v) is 4.95. The Hall–Kier alpha value is -2.69. The molecule has 0 bridgehead atoms. The average Bonchev–Trinajstić information content (AvgIpc) is 2.90. The van der Waals surface area contributed by atoms with Crippen LogP contribution in [0.2, 0.25) is 0 Å². The number of benzene rings is 2. The van der Waals surface area contributed by atoms with E-state index >= 15 is 0 Å². The molecule has 0 spiro atoms. The van der Waals surface area contributed by atoms with Crippen LogP contribution in [0, 0.1) is 31.0 Å². The van der Waals surface area contributed by atoms with Crippen LogP contribution < -0.4 is 5.14 Å². The van der Waals surface area contributed by atoms with Crippen molar-refractivity contribution in [3.05, 3.63) is 64.6 Å². The Morgan fingerprint density at radius 1 is 1.25 bits per heavy atom. The number of nitrogens with zero attached hydrogens (tertiary/aromatic N) is 2. The third kappa shape index (κ3) is 3.79. The van der Waals surface area contributed by atoms with E-state index in [2.05, 4.69) is 6.07 Å². The second kappa shape index (κ2) is 7.38. The van der Waals surface area contributed by atoms with Crippen molar-refractivity contribution in [2.75, 3.05) is 0 Å². The first-order valence-electron chi connectivity index (χ1n) is 8.90. The molecule has 1 heterocycles. The third-order valence-corrected chi connectivity index (χ3v) is 6.06. The SMILES string of the molecule is Cc1cc(C)c(S(N)(=O)=O)c([C@H](C)Cn2cc(CC#N)c3cc(F)ccc32)c1. The van der Waals surface area contributed by atoms with Gasteiger partial charge < -0.3 is 4.57 Å². The van der Waals surface area contributed by atoms with E-state index in [0.717, 1.165) is 16.6 Å². The molecule has 3 aromatic rings. The molecule has 1 atom stereocenters. The van der Waals surface area contributed by atoms with Gasteiger partial charge in [0.2, 0.25) is 10.0 Å². The van der Waals surface area contributed by atoms with Crippen molar-refractivity contribution in [2.24, 2.45) is 5.14 Å². The largest absolute Gasteiger partial charge is 0.347 e. The molecule has 2 aromatic carbocycles. The Morgan fingerprint density at radius 2 is 1.96 bits per heavy atom. The second-order valence-electron chi connectivity index (χ2n) is 7.25. The van der Waals surface area contributed by atoms with Crippen molar-refractivity contribution >= 4 is 20.9 Å². The van der Waals surface area contributed by atoms with E-state index < -0.39 is 10.0 Å². The van der Waals surface area contributed by atoms with Gasteiger partial charge in [0.25, 0.3) is 0 Å². The van der Waals surface area contributed by atoms with Gasteiger partial charge in [0, 0.05) is 29.6 Å². The van der Waals surface area contributed by atoms with Crippen LogP contribution in [-0.2, 0) is 23.0 Å². The fraction of sp³-hybridized carbons (Fsp3) is 0.286. The first-order valence-corrected chi connectivity index (χ1v) is 10.4. The Morgan fingerprint density at radius 3 is 2.61 bits per heavy atom. The molecule has 0 saturated carbocycles. The molecule has 3 rings (SSSR count). The van der Waals surface area contributed by atoms with Crippen molar-refractivity contribution in [2.45, 2.75) is 44.6 Å². The summed E-state index contributed by atoms with van der Waals surface area (Å²) in [5, 5.41) is 15.2. The van der Waals surface area contributed by atoms with E-state index in [-0.39, 0.29) is 23.1 Å². The van der Waals surface area contributed by atoms with E-state index in [1.807, 2.05) is 30.7 Å². The summed E-state index contributed by atoms with van der Waals surface area (Å²) in [6, 6.07) is 10.2. The van der Waals surface area contributed by atoms with Crippen molar-refractivity contribution in [1.29, 1.82) is 5.26 Å². The van der Waals surface area contributed by atoms with Crippen molar-refractivity contribution < 1.29 is 12.8 Å². The summed E-state index contributed by atoms with van der Waals surface area (Å²) in [6.07, 6.45) is 2.01. The number of hydrogen-bond acceptors (Lipinski definition) is 3. The zero-order chi connectivity index (χ0) is 20.6. The van der Waals surface area contributed by atoms with Crippen LogP contribution in [0.1, 0.15) is 35.1 Å². The van der Waals surface area contributed by atoms with E-state index in [1.54, 1.807) is 19.1 Å². The molecule has 2 N–H and O–H groups in total. The van der Waals surface area contributed by atoms with E-state index in [1.165, 1.54) is 12.1 Å². The maximum atomic E-state index is 13.7. The lowest BCUT2D eigenvalue weighted by molar-refractivity contribution is 0.580. The molecule has 0 radical (unpaired) electrons. The monoisotopic (exact) mass is 399 g/mol. The first kappa shape index (κ1) is 20.1. The lowest BCUT2D eigenvalue weighted by Crippen LogP contribution is -2.19. The molecule has 5 nitrogen and oxygen atoms in total. The summed E-state index contributed by atoms with van der Waals surface area (Å²) < 4.78 is 40.0. The number of aryl methyl sites for hydroxylation is 2. The average molecular weight is 399 g/mol. The Balaban J connectivity index is 2.10. The van der Waals surface area contributed by atoms with E-state index in [0.29, 0.717) is 23.1 Å². The van der Waals surface area contributed by atoms with Crippen LogP contribution in [-0.4, -0.2) is 13.0 Å². The van der Waals surface area contributed by atoms with Crippen LogP contribution in [0.25, 0.3) is 10.9 Å². The number of fused-ring (bicyclic) bond motifs is 1. The number of nitrogens with two attached hydrogens (primary N) is 1. The van der Waals surface area contributed by atoms with Crippen LogP contribution in [0.5, 0.6) is 0 Å². The number of rotatable bonds is 5. The summed E-state index contributed by atoms with van der Waals surface area (Å²) in [6.45, 7) is 6.05. The highest BCUT2D eigenvalue weighted by molar-refractivity contribution is 7.89. The predicted octanol–water partition coefficient (Wildman–Crippen LogP) is 3.91. The molecule has 0 aliphatic carbocycles. The van der Waals surface area contributed by atoms with Crippen LogP contribution in [0.3, 0.4) is 0 Å². The molecule has 0 aliphatic rings. The molecular weight excluding hydrogens is 377 g/mol. The number of sulfonamides is 1. The highest BCUT2D eigenvalue weighted by Crippen LogP contribution is 2.31. The number of hydrogen-bond donors (Lipinski definition) is 1. The van der Waals surface area contributed by atoms with Gasteiger partial charge >= 0.3 is 0 Å². The van der Waals surface area contributed by atoms with E-state index in [9.17, 15) is 12.8 Å². The van der Waals surface area contributed by atoms with Crippen LogP contribution in [0.15, 0.2) is 41.4 Å². The molecule has 0 saturated heterocycles. The first-order chi connectivity index (χ1) is 13.1. The quantitative estimate of drug-likeness (QED) is 0.705. The Kier molecular flexibility index (Phi) is 5.28. The second-order valence-corrected chi connectivity index (χ2v) is 8.75. The van der Waals surface area contributed by atoms with Gasteiger partial charge in [0.05, 0.1) is 17.4 Å². The molecule has 0 unspecified atom stereocenters. The topological polar surface area (TPSA) is 88.9 Å². The summed E-state index contributed by atoms with van der Waals surface area (Å²) >= 11 is 0. The predicted molar refractivity (Wildman–Crippen MR) is 107 cm³/mol. The van der Waals surface area contributed by atoms with Gasteiger partial charge in [-0.15, -0.1) is 0 Å². The summed E-state index contributed by atoms with van der Waals surface area (Å²) in [5.74, 6) is -0.522. The molecule has 0 amide bonds. The van der Waals surface area contributed by atoms with Crippen LogP contribution >= 0.6 is 0 Å². The minimum Gasteiger partial charge on any atom is -0.347 e. The smallest absolute Gasteiger partial charge is 0.238 e. The molecule has 146 valence electrons. The van der Waals surface area contributed by atoms with Crippen LogP contribution in [0.4, 0.5) is 4.39 Å². The minimum atomic E-state index is -3.87. The number of aromatic nitrogens is 1.